The number of nitrogens with two attached hydrogens (primary N) is 1. The van der Waals surface area contributed by atoms with Crippen LogP contribution in [0.5, 0.6) is 0 Å². The van der Waals surface area contributed by atoms with Crippen molar-refractivity contribution < 1.29 is 14.4 Å². The second kappa shape index (κ2) is 4.05. The summed E-state index contributed by atoms with van der Waals surface area (Å²) in [7, 11) is 0. The van der Waals surface area contributed by atoms with E-state index >= 15 is 0 Å². The lowest BCUT2D eigenvalue weighted by atomic mass is 9.81. The molecule has 3 rings (SSSR count). The van der Waals surface area contributed by atoms with E-state index in [0.29, 0.717) is 11.8 Å². The van der Waals surface area contributed by atoms with Gasteiger partial charge in [-0.05, 0) is 37.0 Å². The van der Waals surface area contributed by atoms with E-state index < -0.39 is 11.9 Å². The highest BCUT2D eigenvalue weighted by Gasteiger charge is 2.62. The maximum Gasteiger partial charge on any atom is 0.240 e. The van der Waals surface area contributed by atoms with Gasteiger partial charge in [-0.1, -0.05) is 13.8 Å². The standard InChI is InChI=1S/C14H20N2O3/c1-6(2)11(12(15)17)16-13(18)9-7-3-4-8(5-7)10(9)14(16)19/h6-11H,3-5H2,1-2H3,(H2,15,17)/t7-,8+,9-,10-,11-/m0/s1. The first-order valence-corrected chi connectivity index (χ1v) is 7.09. The smallest absolute Gasteiger partial charge is 0.240 e. The molecule has 5 atom stereocenters. The van der Waals surface area contributed by atoms with E-state index in [2.05, 4.69) is 0 Å². The Morgan fingerprint density at radius 1 is 1.16 bits per heavy atom. The number of imide groups is 1. The molecule has 2 saturated carbocycles. The predicted molar refractivity (Wildman–Crippen MR) is 67.5 cm³/mol. The number of amides is 3. The van der Waals surface area contributed by atoms with Crippen molar-refractivity contribution in [2.45, 2.75) is 39.2 Å². The predicted octanol–water partition coefficient (Wildman–Crippen LogP) is 0.527. The molecule has 0 aromatic heterocycles. The highest BCUT2D eigenvalue weighted by atomic mass is 16.2. The van der Waals surface area contributed by atoms with Crippen molar-refractivity contribution in [3.05, 3.63) is 0 Å². The van der Waals surface area contributed by atoms with Crippen LogP contribution in [0.25, 0.3) is 0 Å². The lowest BCUT2D eigenvalue weighted by molar-refractivity contribution is -0.149. The van der Waals surface area contributed by atoms with Crippen molar-refractivity contribution in [1.29, 1.82) is 0 Å². The Kier molecular flexibility index (Phi) is 2.69. The van der Waals surface area contributed by atoms with Crippen LogP contribution in [0, 0.1) is 29.6 Å². The molecular weight excluding hydrogens is 244 g/mol. The van der Waals surface area contributed by atoms with Crippen molar-refractivity contribution in [3.8, 4) is 0 Å². The van der Waals surface area contributed by atoms with Crippen LogP contribution in [0.3, 0.4) is 0 Å². The van der Waals surface area contributed by atoms with Gasteiger partial charge in [0.05, 0.1) is 11.8 Å². The molecule has 5 heteroatoms. The summed E-state index contributed by atoms with van der Waals surface area (Å²) in [6.45, 7) is 3.64. The minimum Gasteiger partial charge on any atom is -0.368 e. The topological polar surface area (TPSA) is 80.5 Å². The number of hydrogen-bond acceptors (Lipinski definition) is 3. The summed E-state index contributed by atoms with van der Waals surface area (Å²) in [4.78, 5) is 37.9. The molecule has 0 spiro atoms. The molecule has 2 bridgehead atoms. The first kappa shape index (κ1) is 12.6. The first-order valence-electron chi connectivity index (χ1n) is 7.09. The molecule has 2 N–H and O–H groups in total. The van der Waals surface area contributed by atoms with Gasteiger partial charge in [0.15, 0.2) is 0 Å². The average molecular weight is 264 g/mol. The largest absolute Gasteiger partial charge is 0.368 e. The van der Waals surface area contributed by atoms with Crippen molar-refractivity contribution in [1.82, 2.24) is 4.90 Å². The molecule has 1 aliphatic heterocycles. The highest BCUT2D eigenvalue weighted by Crippen LogP contribution is 2.56. The summed E-state index contributed by atoms with van der Waals surface area (Å²) in [5, 5.41) is 0. The summed E-state index contributed by atoms with van der Waals surface area (Å²) in [5.74, 6) is -0.682. The van der Waals surface area contributed by atoms with Crippen molar-refractivity contribution >= 4 is 17.7 Å². The summed E-state index contributed by atoms with van der Waals surface area (Å²) in [6.07, 6.45) is 3.09. The molecule has 3 aliphatic rings. The van der Waals surface area contributed by atoms with Crippen molar-refractivity contribution in [3.63, 3.8) is 0 Å². The lowest BCUT2D eigenvalue weighted by Crippen LogP contribution is -2.51. The molecule has 1 saturated heterocycles. The SMILES string of the molecule is CC(C)[C@@H](C(N)=O)N1C(=O)[C@H]2[C@@H]3CC[C@@H](C3)[C@@H]2C1=O. The Bertz CT molecular complexity index is 432. The Morgan fingerprint density at radius 3 is 2.00 bits per heavy atom. The zero-order chi connectivity index (χ0) is 13.9. The van der Waals surface area contributed by atoms with Gasteiger partial charge in [-0.2, -0.15) is 0 Å². The van der Waals surface area contributed by atoms with Crippen LogP contribution in [-0.4, -0.2) is 28.7 Å². The highest BCUT2D eigenvalue weighted by molar-refractivity contribution is 6.09. The maximum atomic E-state index is 12.5. The molecule has 104 valence electrons. The quantitative estimate of drug-likeness (QED) is 0.755. The fourth-order valence-electron chi connectivity index (χ4n) is 4.46. The summed E-state index contributed by atoms with van der Waals surface area (Å²) in [6, 6.07) is -0.787. The molecule has 5 nitrogen and oxygen atoms in total. The Morgan fingerprint density at radius 2 is 1.63 bits per heavy atom. The van der Waals surface area contributed by atoms with Crippen LogP contribution in [-0.2, 0) is 14.4 Å². The van der Waals surface area contributed by atoms with E-state index in [9.17, 15) is 14.4 Å². The van der Waals surface area contributed by atoms with Crippen LogP contribution >= 0.6 is 0 Å². The van der Waals surface area contributed by atoms with Crippen molar-refractivity contribution in [2.24, 2.45) is 35.3 Å². The monoisotopic (exact) mass is 264 g/mol. The van der Waals surface area contributed by atoms with Gasteiger partial charge in [0.25, 0.3) is 0 Å². The zero-order valence-corrected chi connectivity index (χ0v) is 11.3. The van der Waals surface area contributed by atoms with Gasteiger partial charge in [0.1, 0.15) is 6.04 Å². The number of carbonyl (C=O) groups excluding carboxylic acids is 3. The molecular formula is C14H20N2O3. The third kappa shape index (κ3) is 1.56. The number of carbonyl (C=O) groups is 3. The minimum absolute atomic E-state index is 0.137. The van der Waals surface area contributed by atoms with E-state index in [0.717, 1.165) is 19.3 Å². The third-order valence-corrected chi connectivity index (χ3v) is 5.16. The summed E-state index contributed by atoms with van der Waals surface area (Å²) >= 11 is 0. The van der Waals surface area contributed by atoms with Crippen LogP contribution in [0.4, 0.5) is 0 Å². The van der Waals surface area contributed by atoms with Crippen LogP contribution in [0.1, 0.15) is 33.1 Å². The number of nitrogens with zero attached hydrogens (tertiary/aromatic N) is 1. The third-order valence-electron chi connectivity index (χ3n) is 5.16. The van der Waals surface area contributed by atoms with E-state index in [1.165, 1.54) is 4.90 Å². The van der Waals surface area contributed by atoms with Crippen LogP contribution in [0.15, 0.2) is 0 Å². The maximum absolute atomic E-state index is 12.5. The average Bonchev–Trinajstić information content (AvgIpc) is 2.97. The summed E-state index contributed by atoms with van der Waals surface area (Å²) < 4.78 is 0. The zero-order valence-electron chi connectivity index (χ0n) is 11.3. The molecule has 3 fully saturated rings. The normalized spacial score (nSPS) is 38.2. The molecule has 0 aromatic rings. The van der Waals surface area contributed by atoms with Gasteiger partial charge in [-0.3, -0.25) is 19.3 Å². The van der Waals surface area contributed by atoms with Gasteiger partial charge in [0.2, 0.25) is 17.7 Å². The molecule has 3 amide bonds. The van der Waals surface area contributed by atoms with E-state index in [1.54, 1.807) is 0 Å². The fraction of sp³-hybridized carbons (Fsp3) is 0.786. The molecule has 0 aromatic carbocycles. The van der Waals surface area contributed by atoms with Gasteiger partial charge in [0, 0.05) is 0 Å². The second-order valence-electron chi connectivity index (χ2n) is 6.52. The minimum atomic E-state index is -0.787. The van der Waals surface area contributed by atoms with Gasteiger partial charge in [-0.15, -0.1) is 0 Å². The second-order valence-corrected chi connectivity index (χ2v) is 6.52. The Balaban J connectivity index is 1.94. The molecule has 19 heavy (non-hydrogen) atoms. The number of fused-ring (bicyclic) bond motifs is 5. The van der Waals surface area contributed by atoms with Crippen LogP contribution < -0.4 is 5.73 Å². The van der Waals surface area contributed by atoms with Gasteiger partial charge < -0.3 is 5.73 Å². The molecule has 1 heterocycles. The van der Waals surface area contributed by atoms with E-state index in [4.69, 9.17) is 5.73 Å². The lowest BCUT2D eigenvalue weighted by Gasteiger charge is -2.28. The molecule has 2 aliphatic carbocycles. The number of primary amides is 1. The fourth-order valence-corrected chi connectivity index (χ4v) is 4.46. The Labute approximate surface area is 112 Å². The van der Waals surface area contributed by atoms with Gasteiger partial charge in [-0.25, -0.2) is 0 Å². The Hall–Kier alpha value is -1.39. The molecule has 0 radical (unpaired) electrons. The summed E-state index contributed by atoms with van der Waals surface area (Å²) in [5.41, 5.74) is 5.39. The first-order chi connectivity index (χ1) is 8.93. The molecule has 0 unspecified atom stereocenters. The number of hydrogen-bond donors (Lipinski definition) is 1. The van der Waals surface area contributed by atoms with Crippen molar-refractivity contribution in [2.75, 3.05) is 0 Å². The van der Waals surface area contributed by atoms with Crippen LogP contribution in [0.2, 0.25) is 0 Å². The number of likely N-dealkylation sites (tertiary alicyclic amines) is 1. The van der Waals surface area contributed by atoms with Gasteiger partial charge >= 0.3 is 0 Å². The number of rotatable bonds is 3. The van der Waals surface area contributed by atoms with E-state index in [-0.39, 0.29) is 29.6 Å². The van der Waals surface area contributed by atoms with E-state index in [1.807, 2.05) is 13.8 Å².